The average molecular weight is 414 g/mol. The molecular weight excluding hydrogens is 395 g/mol. The van der Waals surface area contributed by atoms with Crippen LogP contribution in [0, 0.1) is 13.0 Å². The summed E-state index contributed by atoms with van der Waals surface area (Å²) < 4.78 is 15.6. The van der Waals surface area contributed by atoms with E-state index < -0.39 is 6.08 Å². The van der Waals surface area contributed by atoms with Crippen LogP contribution in [0.3, 0.4) is 0 Å². The Bertz CT molecular complexity index is 1470. The zero-order valence-corrected chi connectivity index (χ0v) is 16.9. The summed E-state index contributed by atoms with van der Waals surface area (Å²) in [5, 5.41) is 3.22. The van der Waals surface area contributed by atoms with Crippen molar-refractivity contribution < 1.29 is 4.39 Å². The molecule has 0 amide bonds. The van der Waals surface area contributed by atoms with Gasteiger partial charge in [0.15, 0.2) is 11.5 Å². The molecule has 1 aromatic carbocycles. The third kappa shape index (κ3) is 3.22. The Morgan fingerprint density at radius 3 is 2.71 bits per heavy atom. The predicted molar refractivity (Wildman–Crippen MR) is 118 cm³/mol. The van der Waals surface area contributed by atoms with Crippen molar-refractivity contribution in [3.8, 4) is 11.1 Å². The lowest BCUT2D eigenvalue weighted by Crippen LogP contribution is -2.22. The summed E-state index contributed by atoms with van der Waals surface area (Å²) in [4.78, 5) is 28.2. The fourth-order valence-corrected chi connectivity index (χ4v) is 3.92. The Morgan fingerprint density at radius 1 is 1.10 bits per heavy atom. The first-order valence-electron chi connectivity index (χ1n) is 9.87. The highest BCUT2D eigenvalue weighted by atomic mass is 19.1. The highest BCUT2D eigenvalue weighted by Crippen LogP contribution is 2.30. The fourth-order valence-electron chi connectivity index (χ4n) is 3.92. The normalized spacial score (nSPS) is 12.4. The zero-order valence-electron chi connectivity index (χ0n) is 16.9. The SMILES string of the molecule is Cc1cccc2cc(C(C)Nc3nc(F)nc4[nH]cnc34)c(-c3ccccc3)c(=O)n12. The van der Waals surface area contributed by atoms with E-state index in [9.17, 15) is 9.18 Å². The van der Waals surface area contributed by atoms with E-state index in [2.05, 4.69) is 25.3 Å². The van der Waals surface area contributed by atoms with Gasteiger partial charge in [-0.25, -0.2) is 4.98 Å². The smallest absolute Gasteiger partial charge is 0.312 e. The largest absolute Gasteiger partial charge is 0.361 e. The number of imidazole rings is 1. The molecule has 2 N–H and O–H groups in total. The number of aromatic nitrogens is 5. The summed E-state index contributed by atoms with van der Waals surface area (Å²) in [5.74, 6) is 0.264. The second-order valence-corrected chi connectivity index (χ2v) is 7.38. The Hall–Kier alpha value is -4.07. The van der Waals surface area contributed by atoms with Gasteiger partial charge < -0.3 is 10.3 Å². The first-order chi connectivity index (χ1) is 15.0. The molecule has 5 aromatic rings. The van der Waals surface area contributed by atoms with Gasteiger partial charge in [-0.15, -0.1) is 0 Å². The minimum absolute atomic E-state index is 0.107. The van der Waals surface area contributed by atoms with Crippen LogP contribution in [-0.2, 0) is 0 Å². The third-order valence-electron chi connectivity index (χ3n) is 5.36. The lowest BCUT2D eigenvalue weighted by atomic mass is 9.96. The number of rotatable bonds is 4. The number of fused-ring (bicyclic) bond motifs is 2. The van der Waals surface area contributed by atoms with E-state index in [1.165, 1.54) is 6.33 Å². The van der Waals surface area contributed by atoms with Crippen molar-refractivity contribution in [2.75, 3.05) is 5.32 Å². The van der Waals surface area contributed by atoms with Crippen molar-refractivity contribution in [1.29, 1.82) is 0 Å². The number of pyridine rings is 2. The first kappa shape index (κ1) is 18.9. The van der Waals surface area contributed by atoms with Crippen molar-refractivity contribution in [1.82, 2.24) is 24.3 Å². The van der Waals surface area contributed by atoms with E-state index in [1.54, 1.807) is 4.40 Å². The number of halogens is 1. The van der Waals surface area contributed by atoms with Crippen LogP contribution in [0.5, 0.6) is 0 Å². The second kappa shape index (κ2) is 7.32. The van der Waals surface area contributed by atoms with Crippen LogP contribution in [0.4, 0.5) is 10.2 Å². The number of nitrogens with one attached hydrogen (secondary N) is 2. The molecule has 0 saturated heterocycles. The lowest BCUT2D eigenvalue weighted by Gasteiger charge is -2.20. The van der Waals surface area contributed by atoms with Gasteiger partial charge in [0.05, 0.1) is 17.9 Å². The number of aryl methyl sites for hydroxylation is 1. The van der Waals surface area contributed by atoms with Crippen LogP contribution in [-0.4, -0.2) is 24.3 Å². The highest BCUT2D eigenvalue weighted by Gasteiger charge is 2.20. The number of anilines is 1. The maximum Gasteiger partial charge on any atom is 0.312 e. The van der Waals surface area contributed by atoms with Crippen molar-refractivity contribution in [3.63, 3.8) is 0 Å². The standard InChI is InChI=1S/C23H19FN6O/c1-13-7-6-10-16-11-17(18(22(31)30(13)16)15-8-4-3-5-9-15)14(2)27-21-19-20(26-12-25-19)28-23(24)29-21/h3-12,14H,1-2H3,(H2,25,26,27,28,29). The lowest BCUT2D eigenvalue weighted by molar-refractivity contribution is 0.544. The molecule has 0 bridgehead atoms. The maximum absolute atomic E-state index is 13.9. The van der Waals surface area contributed by atoms with Crippen LogP contribution in [0.1, 0.15) is 24.2 Å². The Morgan fingerprint density at radius 2 is 1.90 bits per heavy atom. The summed E-state index contributed by atoms with van der Waals surface area (Å²) in [6.07, 6.45) is 0.582. The van der Waals surface area contributed by atoms with Gasteiger partial charge >= 0.3 is 6.08 Å². The average Bonchev–Trinajstić information content (AvgIpc) is 3.22. The molecule has 4 aromatic heterocycles. The maximum atomic E-state index is 13.9. The number of nitrogens with zero attached hydrogens (tertiary/aromatic N) is 4. The Balaban J connectivity index is 1.71. The van der Waals surface area contributed by atoms with Gasteiger partial charge in [-0.3, -0.25) is 9.20 Å². The number of hydrogen-bond donors (Lipinski definition) is 2. The van der Waals surface area contributed by atoms with Crippen molar-refractivity contribution >= 4 is 22.5 Å². The summed E-state index contributed by atoms with van der Waals surface area (Å²) in [6.45, 7) is 3.81. The number of hydrogen-bond acceptors (Lipinski definition) is 5. The molecule has 0 fully saturated rings. The Kier molecular flexibility index (Phi) is 4.47. The molecule has 1 unspecified atom stereocenters. The summed E-state index contributed by atoms with van der Waals surface area (Å²) >= 11 is 0. The molecule has 4 heterocycles. The highest BCUT2D eigenvalue weighted by molar-refractivity contribution is 5.82. The molecule has 8 heteroatoms. The van der Waals surface area contributed by atoms with E-state index in [0.717, 1.165) is 22.3 Å². The van der Waals surface area contributed by atoms with Gasteiger partial charge in [-0.05, 0) is 43.2 Å². The zero-order chi connectivity index (χ0) is 21.5. The molecule has 154 valence electrons. The van der Waals surface area contributed by atoms with E-state index in [4.69, 9.17) is 0 Å². The number of H-pyrrole nitrogens is 1. The molecular formula is C23H19FN6O. The van der Waals surface area contributed by atoms with Gasteiger partial charge in [0.1, 0.15) is 5.52 Å². The molecule has 31 heavy (non-hydrogen) atoms. The minimum atomic E-state index is -0.857. The molecule has 0 spiro atoms. The Labute approximate surface area is 176 Å². The molecule has 5 rings (SSSR count). The van der Waals surface area contributed by atoms with Gasteiger partial charge in [-0.1, -0.05) is 36.4 Å². The molecule has 7 nitrogen and oxygen atoms in total. The predicted octanol–water partition coefficient (Wildman–Crippen LogP) is 4.25. The third-order valence-corrected chi connectivity index (χ3v) is 5.36. The van der Waals surface area contributed by atoms with Gasteiger partial charge in [0, 0.05) is 11.2 Å². The van der Waals surface area contributed by atoms with Crippen molar-refractivity contribution in [3.05, 3.63) is 88.6 Å². The molecule has 0 aliphatic rings. The number of aromatic amines is 1. The van der Waals surface area contributed by atoms with Crippen molar-refractivity contribution in [2.24, 2.45) is 0 Å². The van der Waals surface area contributed by atoms with E-state index in [1.807, 2.05) is 68.4 Å². The molecule has 0 aliphatic heterocycles. The quantitative estimate of drug-likeness (QED) is 0.429. The van der Waals surface area contributed by atoms with Gasteiger partial charge in [-0.2, -0.15) is 14.4 Å². The van der Waals surface area contributed by atoms with Crippen molar-refractivity contribution in [2.45, 2.75) is 19.9 Å². The minimum Gasteiger partial charge on any atom is -0.361 e. The van der Waals surface area contributed by atoms with Crippen LogP contribution < -0.4 is 10.9 Å². The van der Waals surface area contributed by atoms with E-state index in [0.29, 0.717) is 16.7 Å². The monoisotopic (exact) mass is 414 g/mol. The molecule has 1 atom stereocenters. The summed E-state index contributed by atoms with van der Waals surface area (Å²) in [6, 6.07) is 16.9. The second-order valence-electron chi connectivity index (χ2n) is 7.38. The van der Waals surface area contributed by atoms with Crippen LogP contribution >= 0.6 is 0 Å². The molecule has 0 radical (unpaired) electrons. The number of benzene rings is 1. The van der Waals surface area contributed by atoms with Crippen LogP contribution in [0.15, 0.2) is 65.7 Å². The van der Waals surface area contributed by atoms with Gasteiger partial charge in [0.2, 0.25) is 0 Å². The van der Waals surface area contributed by atoms with Gasteiger partial charge in [0.25, 0.3) is 5.56 Å². The summed E-state index contributed by atoms with van der Waals surface area (Å²) in [5.41, 5.74) is 4.44. The van der Waals surface area contributed by atoms with E-state index >= 15 is 0 Å². The summed E-state index contributed by atoms with van der Waals surface area (Å²) in [7, 11) is 0. The van der Waals surface area contributed by atoms with Crippen LogP contribution in [0.25, 0.3) is 27.8 Å². The van der Waals surface area contributed by atoms with E-state index in [-0.39, 0.29) is 17.4 Å². The molecule has 0 aliphatic carbocycles. The first-order valence-corrected chi connectivity index (χ1v) is 9.87. The fraction of sp³-hybridized carbons (Fsp3) is 0.130. The topological polar surface area (TPSA) is 88.0 Å². The van der Waals surface area contributed by atoms with Crippen LogP contribution in [0.2, 0.25) is 0 Å². The molecule has 0 saturated carbocycles.